The first kappa shape index (κ1) is 57.7. The average Bonchev–Trinajstić information content (AvgIpc) is 4.22. The number of aryl methyl sites for hydroxylation is 1. The molecule has 2 fully saturated rings. The molecule has 0 radical (unpaired) electrons. The first-order valence-corrected chi connectivity index (χ1v) is 27.8. The molecule has 7 N–H and O–H groups in total. The summed E-state index contributed by atoms with van der Waals surface area (Å²) in [4.78, 5) is 85.5. The predicted octanol–water partition coefficient (Wildman–Crippen LogP) is 5.06. The molecule has 4 aromatic heterocycles. The third kappa shape index (κ3) is 15.4. The highest BCUT2D eigenvalue weighted by Gasteiger charge is 2.44. The van der Waals surface area contributed by atoms with E-state index in [2.05, 4.69) is 30.9 Å². The number of hydrogen-bond donors (Lipinski definition) is 6. The van der Waals surface area contributed by atoms with Crippen molar-refractivity contribution in [1.82, 2.24) is 40.0 Å². The van der Waals surface area contributed by atoms with Gasteiger partial charge in [-0.3, -0.25) is 24.0 Å². The highest BCUT2D eigenvalue weighted by molar-refractivity contribution is 7.13. The van der Waals surface area contributed by atoms with E-state index in [0.29, 0.717) is 68.4 Å². The molecule has 5 atom stereocenters. The van der Waals surface area contributed by atoms with Crippen molar-refractivity contribution in [2.45, 2.75) is 110 Å². The number of hydrogen-bond acceptors (Lipinski definition) is 16. The Morgan fingerprint density at radius 2 is 1.65 bits per heavy atom. The van der Waals surface area contributed by atoms with E-state index < -0.39 is 23.5 Å². The second-order valence-corrected chi connectivity index (χ2v) is 22.1. The zero-order chi connectivity index (χ0) is 55.2. The summed E-state index contributed by atoms with van der Waals surface area (Å²) in [5, 5.41) is 21.4. The van der Waals surface area contributed by atoms with Gasteiger partial charge in [0.25, 0.3) is 5.56 Å². The van der Waals surface area contributed by atoms with E-state index in [1.807, 2.05) is 98.6 Å². The molecule has 2 aliphatic rings. The molecule has 1 aliphatic heterocycles. The van der Waals surface area contributed by atoms with Gasteiger partial charge in [-0.05, 0) is 54.0 Å². The molecule has 418 valence electrons. The number of aliphatic hydroxyl groups is 1. The Morgan fingerprint density at radius 3 is 2.37 bits per heavy atom. The number of nitrogens with zero attached hydrogens (tertiary/aromatic N) is 5. The minimum atomic E-state index is -0.857. The molecular weight excluding hydrogens is 1020 g/mol. The second-order valence-electron chi connectivity index (χ2n) is 21.2. The molecule has 0 spiro atoms. The van der Waals surface area contributed by atoms with Crippen molar-refractivity contribution in [2.24, 2.45) is 17.1 Å². The first-order valence-electron chi connectivity index (χ1n) is 26.9. The van der Waals surface area contributed by atoms with Crippen molar-refractivity contribution < 1.29 is 43.2 Å². The average molecular weight is 1090 g/mol. The normalized spacial score (nSPS) is 18.1. The Labute approximate surface area is 458 Å². The van der Waals surface area contributed by atoms with Crippen molar-refractivity contribution in [3.05, 3.63) is 106 Å². The number of anilines is 1. The van der Waals surface area contributed by atoms with Gasteiger partial charge in [-0.15, -0.1) is 11.3 Å². The molecule has 1 saturated heterocycles. The number of H-pyrrole nitrogens is 1. The lowest BCUT2D eigenvalue weighted by Crippen LogP contribution is -2.50. The molecule has 6 aromatic rings. The van der Waals surface area contributed by atoms with Crippen LogP contribution in [0.5, 0.6) is 0 Å². The number of aliphatic hydroxyl groups excluding tert-OH is 1. The standard InChI is InChI=1S/C57H74N10O10S/c1-36-53(78-35-63-36)38-14-12-37(13-15-38)30-60-54(71)49-28-40(68)31-67(49)56(73)43(57(2,3)4)27-41(69)33-77-25-24-76-23-22-75-21-20-74-19-17-59-51(70)32-66-18-16-42-39(8-7-11-48(42)66)26-47-52-46(61-34-62-55(52)72)29-50(65-47)64-45-10-6-5-9-44(45)58/h7-8,11-16,18,29,34-35,40,43-45,49,68H,5-6,9-10,17,19-28,30-33,58H2,1-4H3,(H,59,70)(H,60,71)(H,64,65)(H,61,62,72)/t40-,43-,44+,45-,49+/m1/s1. The molecule has 0 bridgehead atoms. The molecule has 1 aliphatic carbocycles. The number of carbonyl (C=O) groups excluding carboxylic acids is 4. The number of carbonyl (C=O) groups is 4. The van der Waals surface area contributed by atoms with Gasteiger partial charge in [-0.2, -0.15) is 0 Å². The number of rotatable bonds is 27. The van der Waals surface area contributed by atoms with Crippen LogP contribution in [0.2, 0.25) is 0 Å². The summed E-state index contributed by atoms with van der Waals surface area (Å²) in [6.07, 6.45) is 6.98. The summed E-state index contributed by atoms with van der Waals surface area (Å²) in [6, 6.07) is 16.8. The molecule has 20 nitrogen and oxygen atoms in total. The predicted molar refractivity (Wildman–Crippen MR) is 298 cm³/mol. The number of thiazole rings is 1. The van der Waals surface area contributed by atoms with Crippen molar-refractivity contribution >= 4 is 62.5 Å². The number of nitrogens with one attached hydrogen (secondary N) is 4. The highest BCUT2D eigenvalue weighted by atomic mass is 32.1. The van der Waals surface area contributed by atoms with Crippen molar-refractivity contribution in [3.8, 4) is 10.4 Å². The van der Waals surface area contributed by atoms with Crippen molar-refractivity contribution in [1.29, 1.82) is 0 Å². The molecule has 8 rings (SSSR count). The van der Waals surface area contributed by atoms with Crippen molar-refractivity contribution in [3.63, 3.8) is 0 Å². The molecule has 5 heterocycles. The topological polar surface area (TPSA) is 267 Å². The number of pyridine rings is 1. The molecule has 21 heteroatoms. The molecule has 0 unspecified atom stereocenters. The second kappa shape index (κ2) is 27.4. The van der Waals surface area contributed by atoms with E-state index in [1.54, 1.807) is 11.3 Å². The van der Waals surface area contributed by atoms with Gasteiger partial charge in [0.1, 0.15) is 25.0 Å². The highest BCUT2D eigenvalue weighted by Crippen LogP contribution is 2.34. The van der Waals surface area contributed by atoms with Gasteiger partial charge in [0.15, 0.2) is 5.78 Å². The van der Waals surface area contributed by atoms with Crippen LogP contribution in [0.15, 0.2) is 77.4 Å². The fraction of sp³-hybridized carbons (Fsp3) is 0.509. The number of aromatic nitrogens is 5. The Hall–Kier alpha value is -6.46. The lowest BCUT2D eigenvalue weighted by Gasteiger charge is -2.34. The van der Waals surface area contributed by atoms with Crippen LogP contribution in [0.1, 0.15) is 81.8 Å². The smallest absolute Gasteiger partial charge is 0.260 e. The van der Waals surface area contributed by atoms with Crippen LogP contribution in [0.4, 0.5) is 5.82 Å². The van der Waals surface area contributed by atoms with Crippen LogP contribution >= 0.6 is 11.3 Å². The Kier molecular flexibility index (Phi) is 20.3. The number of likely N-dealkylation sites (tertiary alicyclic amines) is 1. The Bertz CT molecular complexity index is 3050. The van der Waals surface area contributed by atoms with Gasteiger partial charge in [-0.1, -0.05) is 70.0 Å². The summed E-state index contributed by atoms with van der Waals surface area (Å²) in [5.74, 6) is -1.20. The van der Waals surface area contributed by atoms with Gasteiger partial charge in [0.2, 0.25) is 17.7 Å². The lowest BCUT2D eigenvalue weighted by molar-refractivity contribution is -0.146. The Balaban J connectivity index is 0.678. The fourth-order valence-corrected chi connectivity index (χ4v) is 11.0. The number of benzene rings is 2. The van der Waals surface area contributed by atoms with Crippen LogP contribution in [0.25, 0.3) is 32.2 Å². The molecule has 78 heavy (non-hydrogen) atoms. The SMILES string of the molecule is Cc1ncsc1-c1ccc(CNC(=O)[C@@H]2C[C@@H](O)CN2C(=O)[C@@H](CC(=O)COCCOCCOCCOCCNC(=O)Cn2ccc3c(Cc4nc(N[C@@H]5CCCC[C@@H]5N)cc5nc[nH]c(=O)c45)cccc32)C(C)(C)C)cc1. The minimum Gasteiger partial charge on any atom is -0.391 e. The van der Waals surface area contributed by atoms with Crippen LogP contribution < -0.4 is 27.2 Å². The zero-order valence-electron chi connectivity index (χ0n) is 45.1. The molecule has 3 amide bonds. The maximum atomic E-state index is 14.0. The van der Waals surface area contributed by atoms with Crippen LogP contribution in [0.3, 0.4) is 0 Å². The van der Waals surface area contributed by atoms with Crippen molar-refractivity contribution in [2.75, 3.05) is 71.3 Å². The first-order chi connectivity index (χ1) is 37.6. The van der Waals surface area contributed by atoms with Crippen LogP contribution in [-0.4, -0.2) is 148 Å². The maximum absolute atomic E-state index is 14.0. The fourth-order valence-electron chi connectivity index (χ4n) is 10.2. The summed E-state index contributed by atoms with van der Waals surface area (Å²) in [6.45, 7) is 10.2. The molecule has 1 saturated carbocycles. The number of nitrogens with two attached hydrogens (primary N) is 1. The largest absolute Gasteiger partial charge is 0.391 e. The summed E-state index contributed by atoms with van der Waals surface area (Å²) in [7, 11) is 0. The number of ether oxygens (including phenoxy) is 4. The Morgan fingerprint density at radius 1 is 0.923 bits per heavy atom. The zero-order valence-corrected chi connectivity index (χ0v) is 45.9. The monoisotopic (exact) mass is 1090 g/mol. The summed E-state index contributed by atoms with van der Waals surface area (Å²) < 4.78 is 24.3. The van der Waals surface area contributed by atoms with Gasteiger partial charge in [0, 0.05) is 80.1 Å². The number of ketones is 1. The third-order valence-electron chi connectivity index (χ3n) is 14.4. The number of β-amino-alcohol motifs (C(OH)–C–C–N with tert-alkyl or cyclic N) is 1. The van der Waals surface area contributed by atoms with Crippen LogP contribution in [0, 0.1) is 18.3 Å². The van der Waals surface area contributed by atoms with E-state index in [-0.39, 0.29) is 93.4 Å². The molecular formula is C57H74N10O10S. The van der Waals surface area contributed by atoms with E-state index >= 15 is 0 Å². The van der Waals surface area contributed by atoms with E-state index in [1.165, 1.54) is 11.2 Å². The quantitative estimate of drug-likeness (QED) is 0.0368. The number of amides is 3. The van der Waals surface area contributed by atoms with E-state index in [9.17, 15) is 29.1 Å². The maximum Gasteiger partial charge on any atom is 0.260 e. The number of aromatic amines is 1. The third-order valence-corrected chi connectivity index (χ3v) is 15.4. The summed E-state index contributed by atoms with van der Waals surface area (Å²) >= 11 is 1.57. The van der Waals surface area contributed by atoms with Gasteiger partial charge >= 0.3 is 0 Å². The minimum absolute atomic E-state index is 0.0119. The van der Waals surface area contributed by atoms with Gasteiger partial charge < -0.3 is 60.2 Å². The lowest BCUT2D eigenvalue weighted by atomic mass is 9.77. The number of Topliss-reactive ketones (excluding diaryl/α,β-unsaturated/α-hetero) is 1. The van der Waals surface area contributed by atoms with Crippen LogP contribution in [-0.2, 0) is 57.6 Å². The summed E-state index contributed by atoms with van der Waals surface area (Å²) in [5.41, 5.74) is 13.3. The number of fused-ring (bicyclic) bond motifs is 2. The van der Waals surface area contributed by atoms with E-state index in [4.69, 9.17) is 29.7 Å². The van der Waals surface area contributed by atoms with Gasteiger partial charge in [-0.25, -0.2) is 15.0 Å². The van der Waals surface area contributed by atoms with E-state index in [0.717, 1.165) is 63.8 Å². The molecule has 2 aromatic carbocycles. The van der Waals surface area contributed by atoms with Gasteiger partial charge in [0.05, 0.1) is 91.4 Å².